The molecule has 1 amide bonds. The van der Waals surface area contributed by atoms with Crippen molar-refractivity contribution in [2.45, 2.75) is 11.8 Å². The lowest BCUT2D eigenvalue weighted by molar-refractivity contribution is 0.125. The van der Waals surface area contributed by atoms with Crippen LogP contribution in [0.15, 0.2) is 59.5 Å². The Balaban J connectivity index is 0.000000313. The van der Waals surface area contributed by atoms with Gasteiger partial charge in [0.2, 0.25) is 0 Å². The Bertz CT molecular complexity index is 564. The van der Waals surface area contributed by atoms with Crippen molar-refractivity contribution in [3.63, 3.8) is 0 Å². The van der Waals surface area contributed by atoms with Gasteiger partial charge < -0.3 is 14.8 Å². The molecule has 0 aliphatic heterocycles. The molecule has 6 heteroatoms. The third-order valence-corrected chi connectivity index (χ3v) is 3.03. The second-order valence-electron chi connectivity index (χ2n) is 4.30. The number of nitrogens with one attached hydrogen (secondary N) is 1. The van der Waals surface area contributed by atoms with Crippen LogP contribution in [0, 0.1) is 0 Å². The van der Waals surface area contributed by atoms with Crippen molar-refractivity contribution in [3.8, 4) is 5.75 Å². The van der Waals surface area contributed by atoms with Crippen LogP contribution in [0.5, 0.6) is 5.75 Å². The molecule has 23 heavy (non-hydrogen) atoms. The molecule has 0 radical (unpaired) electrons. The highest BCUT2D eigenvalue weighted by molar-refractivity contribution is 7.80. The molecular weight excluding hydrogens is 334 g/mol. The molecule has 0 aliphatic rings. The molecule has 0 unspecified atom stereocenters. The van der Waals surface area contributed by atoms with E-state index in [4.69, 9.17) is 21.1 Å². The zero-order valence-corrected chi connectivity index (χ0v) is 14.5. The summed E-state index contributed by atoms with van der Waals surface area (Å²) in [6, 6.07) is 16.7. The van der Waals surface area contributed by atoms with Gasteiger partial charge in [-0.15, -0.1) is 12.6 Å². The Labute approximate surface area is 147 Å². The number of carbonyl (C=O) groups is 1. The Morgan fingerprint density at radius 1 is 1.09 bits per heavy atom. The van der Waals surface area contributed by atoms with Crippen LogP contribution >= 0.6 is 24.2 Å². The quantitative estimate of drug-likeness (QED) is 0.617. The molecule has 0 saturated carbocycles. The Morgan fingerprint density at radius 2 is 1.74 bits per heavy atom. The van der Waals surface area contributed by atoms with Gasteiger partial charge in [0.05, 0.1) is 0 Å². The zero-order valence-electron chi connectivity index (χ0n) is 12.9. The second-order valence-corrected chi connectivity index (χ2v) is 5.26. The topological polar surface area (TPSA) is 47.6 Å². The maximum atomic E-state index is 10.9. The van der Waals surface area contributed by atoms with Gasteiger partial charge in [0, 0.05) is 16.5 Å². The molecule has 0 saturated heterocycles. The molecule has 4 nitrogen and oxygen atoms in total. The van der Waals surface area contributed by atoms with Crippen molar-refractivity contribution in [2.75, 3.05) is 19.8 Å². The van der Waals surface area contributed by atoms with E-state index in [9.17, 15) is 4.79 Å². The number of rotatable bonds is 5. The zero-order chi connectivity index (χ0) is 16.9. The average molecular weight is 354 g/mol. The van der Waals surface area contributed by atoms with Crippen LogP contribution in [0.1, 0.15) is 6.92 Å². The third kappa shape index (κ3) is 9.71. The highest BCUT2D eigenvalue weighted by Gasteiger charge is 1.99. The van der Waals surface area contributed by atoms with E-state index in [0.717, 1.165) is 15.7 Å². The highest BCUT2D eigenvalue weighted by Crippen LogP contribution is 2.13. The summed E-state index contributed by atoms with van der Waals surface area (Å²) in [4.78, 5) is 11.8. The van der Waals surface area contributed by atoms with E-state index in [1.54, 1.807) is 0 Å². The summed E-state index contributed by atoms with van der Waals surface area (Å²) >= 11 is 9.70. The van der Waals surface area contributed by atoms with Gasteiger partial charge in [0.15, 0.2) is 0 Å². The number of halogens is 1. The van der Waals surface area contributed by atoms with Gasteiger partial charge in [-0.05, 0) is 43.3 Å². The van der Waals surface area contributed by atoms with E-state index in [-0.39, 0.29) is 6.61 Å². The highest BCUT2D eigenvalue weighted by atomic mass is 35.5. The second kappa shape index (κ2) is 11.7. The summed E-state index contributed by atoms with van der Waals surface area (Å²) < 4.78 is 10.2. The van der Waals surface area contributed by atoms with Crippen LogP contribution in [0.3, 0.4) is 0 Å². The number of carbonyl (C=O) groups excluding carboxylic acids is 1. The third-order valence-electron chi connectivity index (χ3n) is 2.48. The van der Waals surface area contributed by atoms with Crippen molar-refractivity contribution in [2.24, 2.45) is 0 Å². The van der Waals surface area contributed by atoms with Crippen LogP contribution in [0.25, 0.3) is 0 Å². The van der Waals surface area contributed by atoms with E-state index >= 15 is 0 Å². The molecule has 0 fully saturated rings. The number of alkyl carbamates (subject to hydrolysis) is 1. The number of thiol groups is 1. The fourth-order valence-corrected chi connectivity index (χ4v) is 1.74. The standard InChI is InChI=1S/C11H15NO3S.C6H5Cl/c1-2-12-11(13)15-8-7-14-9-3-5-10(16)6-4-9;7-6-4-2-1-3-5-6/h3-6,16H,2,7-8H2,1H3,(H,12,13);1-5H. The molecule has 124 valence electrons. The molecule has 0 bridgehead atoms. The monoisotopic (exact) mass is 353 g/mol. The van der Waals surface area contributed by atoms with Crippen molar-refractivity contribution < 1.29 is 14.3 Å². The number of hydrogen-bond donors (Lipinski definition) is 2. The maximum Gasteiger partial charge on any atom is 0.407 e. The summed E-state index contributed by atoms with van der Waals surface area (Å²) in [5.41, 5.74) is 0. The maximum absolute atomic E-state index is 10.9. The van der Waals surface area contributed by atoms with E-state index in [1.165, 1.54) is 0 Å². The van der Waals surface area contributed by atoms with Crippen molar-refractivity contribution >= 4 is 30.3 Å². The average Bonchev–Trinajstić information content (AvgIpc) is 2.55. The van der Waals surface area contributed by atoms with E-state index < -0.39 is 6.09 Å². The van der Waals surface area contributed by atoms with Gasteiger partial charge in [-0.2, -0.15) is 0 Å². The summed E-state index contributed by atoms with van der Waals surface area (Å²) in [6.45, 7) is 2.96. The van der Waals surface area contributed by atoms with Gasteiger partial charge in [-0.25, -0.2) is 4.79 Å². The predicted octanol–water partition coefficient (Wildman–Crippen LogP) is 4.44. The van der Waals surface area contributed by atoms with Crippen LogP contribution in [0.2, 0.25) is 5.02 Å². The molecular formula is C17H20ClNO3S. The summed E-state index contributed by atoms with van der Waals surface area (Å²) in [5.74, 6) is 0.734. The number of ether oxygens (including phenoxy) is 2. The molecule has 2 aromatic rings. The smallest absolute Gasteiger partial charge is 0.407 e. The van der Waals surface area contributed by atoms with E-state index in [0.29, 0.717) is 13.2 Å². The lowest BCUT2D eigenvalue weighted by atomic mass is 10.3. The molecule has 0 aromatic heterocycles. The number of hydrogen-bond acceptors (Lipinski definition) is 4. The lowest BCUT2D eigenvalue weighted by Gasteiger charge is -2.07. The van der Waals surface area contributed by atoms with E-state index in [2.05, 4.69) is 17.9 Å². The normalized spacial score (nSPS) is 9.35. The fourth-order valence-electron chi connectivity index (χ4n) is 1.45. The van der Waals surface area contributed by atoms with Gasteiger partial charge in [-0.3, -0.25) is 0 Å². The minimum Gasteiger partial charge on any atom is -0.490 e. The minimum absolute atomic E-state index is 0.231. The fraction of sp³-hybridized carbons (Fsp3) is 0.235. The van der Waals surface area contributed by atoms with Crippen LogP contribution < -0.4 is 10.1 Å². The van der Waals surface area contributed by atoms with Crippen LogP contribution in [0.4, 0.5) is 4.79 Å². The van der Waals surface area contributed by atoms with Crippen LogP contribution in [-0.2, 0) is 4.74 Å². The molecule has 0 spiro atoms. The van der Waals surface area contributed by atoms with Gasteiger partial charge >= 0.3 is 6.09 Å². The Morgan fingerprint density at radius 3 is 2.26 bits per heavy atom. The summed E-state index contributed by atoms with van der Waals surface area (Å²) in [6.07, 6.45) is -0.420. The first-order valence-electron chi connectivity index (χ1n) is 7.15. The lowest BCUT2D eigenvalue weighted by Crippen LogP contribution is -2.25. The van der Waals surface area contributed by atoms with E-state index in [1.807, 2.05) is 61.5 Å². The summed E-state index contributed by atoms with van der Waals surface area (Å²) in [7, 11) is 0. The van der Waals surface area contributed by atoms with Crippen molar-refractivity contribution in [1.29, 1.82) is 0 Å². The summed E-state index contributed by atoms with van der Waals surface area (Å²) in [5, 5.41) is 3.32. The first-order chi connectivity index (χ1) is 11.1. The Hall–Kier alpha value is -1.85. The molecule has 0 heterocycles. The minimum atomic E-state index is -0.420. The number of benzene rings is 2. The Kier molecular flexibility index (Phi) is 9.75. The molecule has 2 rings (SSSR count). The molecule has 0 aliphatic carbocycles. The molecule has 2 aromatic carbocycles. The first kappa shape index (κ1) is 19.2. The van der Waals surface area contributed by atoms with Crippen molar-refractivity contribution in [1.82, 2.24) is 5.32 Å². The molecule has 1 N–H and O–H groups in total. The van der Waals surface area contributed by atoms with Gasteiger partial charge in [-0.1, -0.05) is 29.8 Å². The molecule has 0 atom stereocenters. The predicted molar refractivity (Wildman–Crippen MR) is 95.7 cm³/mol. The SMILES string of the molecule is CCNC(=O)OCCOc1ccc(S)cc1.Clc1ccccc1. The number of amides is 1. The van der Waals surface area contributed by atoms with Crippen LogP contribution in [-0.4, -0.2) is 25.9 Å². The largest absolute Gasteiger partial charge is 0.490 e. The first-order valence-corrected chi connectivity index (χ1v) is 7.97. The van der Waals surface area contributed by atoms with Gasteiger partial charge in [0.1, 0.15) is 19.0 Å². The van der Waals surface area contributed by atoms with Gasteiger partial charge in [0.25, 0.3) is 0 Å². The van der Waals surface area contributed by atoms with Crippen molar-refractivity contribution in [3.05, 3.63) is 59.6 Å².